The van der Waals surface area contributed by atoms with E-state index in [1.165, 1.54) is 23.1 Å². The fourth-order valence-corrected chi connectivity index (χ4v) is 3.48. The lowest BCUT2D eigenvalue weighted by atomic mass is 10.0. The summed E-state index contributed by atoms with van der Waals surface area (Å²) in [6.45, 7) is 2.02. The first-order chi connectivity index (χ1) is 12.5. The smallest absolute Gasteiger partial charge is 0.252 e. The number of piperidine rings is 1. The summed E-state index contributed by atoms with van der Waals surface area (Å²) in [4.78, 5) is 37.7. The molecule has 0 radical (unpaired) electrons. The number of hydrogen-bond donors (Lipinski definition) is 2. The van der Waals surface area contributed by atoms with E-state index in [2.05, 4.69) is 5.32 Å². The summed E-state index contributed by atoms with van der Waals surface area (Å²) in [5.41, 5.74) is 0.309. The zero-order valence-corrected chi connectivity index (χ0v) is 14.9. The predicted octanol–water partition coefficient (Wildman–Crippen LogP) is 1.98. The fraction of sp³-hybridized carbons (Fsp3) is 0.526. The highest BCUT2D eigenvalue weighted by Crippen LogP contribution is 2.31. The van der Waals surface area contributed by atoms with Crippen molar-refractivity contribution in [1.82, 2.24) is 10.2 Å². The predicted molar refractivity (Wildman–Crippen MR) is 93.9 cm³/mol. The molecule has 1 saturated heterocycles. The standard InChI is InChI=1S/C19H24N2O5/c1-2-21-17(23)10-8-14(19(21)25)20-18(24)12-7-9-15(22)16(11-12)26-13-5-3-4-6-13/h7,9,11,13-14,22H,2-6,8,10H2,1H3,(H,20,24)/t14-/m0/s1. The van der Waals surface area contributed by atoms with Crippen LogP contribution in [0.15, 0.2) is 18.2 Å². The number of amides is 3. The Morgan fingerprint density at radius 3 is 2.69 bits per heavy atom. The Morgan fingerprint density at radius 1 is 1.27 bits per heavy atom. The second-order valence-corrected chi connectivity index (χ2v) is 6.75. The first-order valence-electron chi connectivity index (χ1n) is 9.14. The van der Waals surface area contributed by atoms with Gasteiger partial charge in [-0.2, -0.15) is 0 Å². The largest absolute Gasteiger partial charge is 0.504 e. The maximum absolute atomic E-state index is 12.5. The third kappa shape index (κ3) is 3.81. The lowest BCUT2D eigenvalue weighted by Gasteiger charge is -2.30. The van der Waals surface area contributed by atoms with Gasteiger partial charge in [0, 0.05) is 18.5 Å². The molecule has 2 aliphatic rings. The maximum atomic E-state index is 12.5. The van der Waals surface area contributed by atoms with Crippen LogP contribution in [-0.2, 0) is 9.59 Å². The molecule has 26 heavy (non-hydrogen) atoms. The number of imide groups is 1. The summed E-state index contributed by atoms with van der Waals surface area (Å²) in [5, 5.41) is 12.7. The number of ether oxygens (including phenoxy) is 1. The van der Waals surface area contributed by atoms with Crippen LogP contribution in [0, 0.1) is 0 Å². The molecule has 7 heteroatoms. The van der Waals surface area contributed by atoms with E-state index in [0.29, 0.717) is 18.5 Å². The minimum absolute atomic E-state index is 0.00931. The summed E-state index contributed by atoms with van der Waals surface area (Å²) >= 11 is 0. The molecule has 1 heterocycles. The molecule has 0 bridgehead atoms. The lowest BCUT2D eigenvalue weighted by molar-refractivity contribution is -0.149. The minimum atomic E-state index is -0.715. The van der Waals surface area contributed by atoms with Gasteiger partial charge in [0.25, 0.3) is 11.8 Å². The highest BCUT2D eigenvalue weighted by molar-refractivity contribution is 6.04. The monoisotopic (exact) mass is 360 g/mol. The van der Waals surface area contributed by atoms with Crippen LogP contribution in [0.5, 0.6) is 11.5 Å². The van der Waals surface area contributed by atoms with E-state index < -0.39 is 11.9 Å². The van der Waals surface area contributed by atoms with Crippen LogP contribution in [0.2, 0.25) is 0 Å². The molecule has 1 saturated carbocycles. The van der Waals surface area contributed by atoms with Crippen molar-refractivity contribution in [3.63, 3.8) is 0 Å². The molecule has 3 rings (SSSR count). The molecule has 140 valence electrons. The summed E-state index contributed by atoms with van der Waals surface area (Å²) in [6, 6.07) is 3.69. The number of carbonyl (C=O) groups excluding carboxylic acids is 3. The number of hydrogen-bond acceptors (Lipinski definition) is 5. The van der Waals surface area contributed by atoms with Gasteiger partial charge in [-0.25, -0.2) is 0 Å². The molecular weight excluding hydrogens is 336 g/mol. The number of carbonyl (C=O) groups is 3. The summed E-state index contributed by atoms with van der Waals surface area (Å²) < 4.78 is 5.81. The Hall–Kier alpha value is -2.57. The van der Waals surface area contributed by atoms with Crippen molar-refractivity contribution in [1.29, 1.82) is 0 Å². The molecule has 1 aliphatic carbocycles. The van der Waals surface area contributed by atoms with Gasteiger partial charge in [0.05, 0.1) is 6.10 Å². The van der Waals surface area contributed by atoms with E-state index in [9.17, 15) is 19.5 Å². The van der Waals surface area contributed by atoms with Crippen molar-refractivity contribution < 1.29 is 24.2 Å². The van der Waals surface area contributed by atoms with Crippen LogP contribution in [0.25, 0.3) is 0 Å². The molecule has 3 amide bonds. The van der Waals surface area contributed by atoms with Crippen LogP contribution in [0.4, 0.5) is 0 Å². The Labute approximate surface area is 152 Å². The summed E-state index contributed by atoms with van der Waals surface area (Å²) in [6.07, 6.45) is 4.66. The van der Waals surface area contributed by atoms with Crippen LogP contribution in [0.1, 0.15) is 55.8 Å². The van der Waals surface area contributed by atoms with E-state index in [0.717, 1.165) is 25.7 Å². The van der Waals surface area contributed by atoms with Gasteiger partial charge in [-0.3, -0.25) is 19.3 Å². The second-order valence-electron chi connectivity index (χ2n) is 6.75. The van der Waals surface area contributed by atoms with Crippen LogP contribution < -0.4 is 10.1 Å². The van der Waals surface area contributed by atoms with E-state index >= 15 is 0 Å². The molecule has 1 aromatic carbocycles. The van der Waals surface area contributed by atoms with Crippen molar-refractivity contribution >= 4 is 17.7 Å². The highest BCUT2D eigenvalue weighted by atomic mass is 16.5. The average Bonchev–Trinajstić information content (AvgIpc) is 3.13. The number of nitrogens with zero attached hydrogens (tertiary/aromatic N) is 1. The van der Waals surface area contributed by atoms with E-state index in [1.54, 1.807) is 6.92 Å². The number of benzene rings is 1. The summed E-state index contributed by atoms with van der Waals surface area (Å²) in [5.74, 6) is -0.738. The first kappa shape index (κ1) is 18.2. The van der Waals surface area contributed by atoms with Gasteiger partial charge < -0.3 is 15.2 Å². The van der Waals surface area contributed by atoms with Crippen molar-refractivity contribution in [3.8, 4) is 11.5 Å². The number of rotatable bonds is 5. The van der Waals surface area contributed by atoms with Gasteiger partial charge in [-0.1, -0.05) is 0 Å². The Kier molecular flexibility index (Phi) is 5.44. The zero-order valence-electron chi connectivity index (χ0n) is 14.9. The Morgan fingerprint density at radius 2 is 2.00 bits per heavy atom. The zero-order chi connectivity index (χ0) is 18.7. The van der Waals surface area contributed by atoms with E-state index in [4.69, 9.17) is 4.74 Å². The normalized spacial score (nSPS) is 21.1. The molecule has 1 atom stereocenters. The average molecular weight is 360 g/mol. The van der Waals surface area contributed by atoms with Gasteiger partial charge in [0.15, 0.2) is 11.5 Å². The van der Waals surface area contributed by atoms with Crippen molar-refractivity contribution in [2.45, 2.75) is 57.6 Å². The third-order valence-corrected chi connectivity index (χ3v) is 4.95. The quantitative estimate of drug-likeness (QED) is 0.783. The maximum Gasteiger partial charge on any atom is 0.252 e. The molecule has 0 aromatic heterocycles. The van der Waals surface area contributed by atoms with Crippen LogP contribution >= 0.6 is 0 Å². The van der Waals surface area contributed by atoms with Gasteiger partial charge in [-0.15, -0.1) is 0 Å². The number of nitrogens with one attached hydrogen (secondary N) is 1. The molecule has 1 aromatic rings. The molecular formula is C19H24N2O5. The van der Waals surface area contributed by atoms with Gasteiger partial charge in [0.1, 0.15) is 6.04 Å². The minimum Gasteiger partial charge on any atom is -0.504 e. The van der Waals surface area contributed by atoms with E-state index in [-0.39, 0.29) is 35.8 Å². The van der Waals surface area contributed by atoms with Gasteiger partial charge in [0.2, 0.25) is 5.91 Å². The molecule has 2 N–H and O–H groups in total. The SMILES string of the molecule is CCN1C(=O)CC[C@H](NC(=O)c2ccc(O)c(OC3CCCC3)c2)C1=O. The number of aromatic hydroxyl groups is 1. The van der Waals surface area contributed by atoms with Crippen LogP contribution in [-0.4, -0.2) is 46.4 Å². The Balaban J connectivity index is 1.69. The first-order valence-corrected chi connectivity index (χ1v) is 9.14. The number of phenols is 1. The lowest BCUT2D eigenvalue weighted by Crippen LogP contribution is -2.54. The van der Waals surface area contributed by atoms with Crippen molar-refractivity contribution in [2.75, 3.05) is 6.54 Å². The number of likely N-dealkylation sites (N-methyl/N-ethyl adjacent to an activating group) is 1. The molecule has 0 unspecified atom stereocenters. The molecule has 0 spiro atoms. The fourth-order valence-electron chi connectivity index (χ4n) is 3.48. The summed E-state index contributed by atoms with van der Waals surface area (Å²) in [7, 11) is 0. The molecule has 2 fully saturated rings. The number of likely N-dealkylation sites (tertiary alicyclic amines) is 1. The second kappa shape index (κ2) is 7.76. The topological polar surface area (TPSA) is 95.9 Å². The van der Waals surface area contributed by atoms with Crippen molar-refractivity contribution in [3.05, 3.63) is 23.8 Å². The van der Waals surface area contributed by atoms with Crippen LogP contribution in [0.3, 0.4) is 0 Å². The third-order valence-electron chi connectivity index (χ3n) is 4.95. The Bertz CT molecular complexity index is 712. The molecule has 7 nitrogen and oxygen atoms in total. The van der Waals surface area contributed by atoms with Gasteiger partial charge in [-0.05, 0) is 57.2 Å². The molecule has 1 aliphatic heterocycles. The van der Waals surface area contributed by atoms with E-state index in [1.807, 2.05) is 0 Å². The highest BCUT2D eigenvalue weighted by Gasteiger charge is 2.34. The van der Waals surface area contributed by atoms with Gasteiger partial charge >= 0.3 is 0 Å². The van der Waals surface area contributed by atoms with Crippen molar-refractivity contribution in [2.24, 2.45) is 0 Å². The number of phenolic OH excluding ortho intramolecular Hbond substituents is 1.